The molecule has 1 aliphatic carbocycles. The predicted octanol–water partition coefficient (Wildman–Crippen LogP) is 2.32. The highest BCUT2D eigenvalue weighted by atomic mass is 16.1. The first-order valence-corrected chi connectivity index (χ1v) is 9.55. The normalized spacial score (nSPS) is 15.3. The molecule has 0 spiro atoms. The van der Waals surface area contributed by atoms with Crippen LogP contribution in [0, 0.1) is 0 Å². The number of hydrogen-bond acceptors (Lipinski definition) is 2. The molecular formula is C20H29N5O. The number of aromatic nitrogens is 1. The molecule has 1 saturated carbocycles. The highest BCUT2D eigenvalue weighted by Crippen LogP contribution is 2.18. The SMILES string of the molecule is CN=C(NCCC(=O)NC1CCCC1)NCCc1c[nH]c2ccccc12. The minimum absolute atomic E-state index is 0.124. The number of rotatable bonds is 7. The van der Waals surface area contributed by atoms with Gasteiger partial charge in [-0.25, -0.2) is 0 Å². The first-order chi connectivity index (χ1) is 12.8. The number of carbonyl (C=O) groups is 1. The predicted molar refractivity (Wildman–Crippen MR) is 106 cm³/mol. The maximum Gasteiger partial charge on any atom is 0.221 e. The van der Waals surface area contributed by atoms with E-state index in [1.165, 1.54) is 29.3 Å². The van der Waals surface area contributed by atoms with Crippen molar-refractivity contribution in [2.45, 2.75) is 44.6 Å². The molecule has 1 heterocycles. The number of fused-ring (bicyclic) bond motifs is 1. The number of carbonyl (C=O) groups excluding carboxylic acids is 1. The molecule has 1 aromatic heterocycles. The zero-order chi connectivity index (χ0) is 18.2. The second-order valence-corrected chi connectivity index (χ2v) is 6.83. The largest absolute Gasteiger partial charge is 0.361 e. The molecule has 4 N–H and O–H groups in total. The summed E-state index contributed by atoms with van der Waals surface area (Å²) in [6, 6.07) is 8.71. The van der Waals surface area contributed by atoms with Gasteiger partial charge in [-0.15, -0.1) is 0 Å². The Morgan fingerprint density at radius 2 is 1.96 bits per heavy atom. The number of nitrogens with one attached hydrogen (secondary N) is 4. The summed E-state index contributed by atoms with van der Waals surface area (Å²) < 4.78 is 0. The van der Waals surface area contributed by atoms with Crippen molar-refractivity contribution in [3.8, 4) is 0 Å². The second-order valence-electron chi connectivity index (χ2n) is 6.83. The van der Waals surface area contributed by atoms with Crippen molar-refractivity contribution in [2.75, 3.05) is 20.1 Å². The van der Waals surface area contributed by atoms with Crippen LogP contribution in [0.5, 0.6) is 0 Å². The fraction of sp³-hybridized carbons (Fsp3) is 0.500. The Balaban J connectivity index is 1.36. The molecule has 6 heteroatoms. The lowest BCUT2D eigenvalue weighted by Gasteiger charge is -2.14. The minimum Gasteiger partial charge on any atom is -0.361 e. The topological polar surface area (TPSA) is 81.3 Å². The number of benzene rings is 1. The fourth-order valence-corrected chi connectivity index (χ4v) is 3.54. The van der Waals surface area contributed by atoms with Crippen molar-refractivity contribution in [1.29, 1.82) is 0 Å². The van der Waals surface area contributed by atoms with E-state index in [-0.39, 0.29) is 5.91 Å². The third-order valence-electron chi connectivity index (χ3n) is 4.95. The van der Waals surface area contributed by atoms with E-state index < -0.39 is 0 Å². The quantitative estimate of drug-likeness (QED) is 0.454. The molecule has 1 aliphatic rings. The summed E-state index contributed by atoms with van der Waals surface area (Å²) in [4.78, 5) is 19.5. The molecule has 1 fully saturated rings. The maximum absolute atomic E-state index is 11.9. The van der Waals surface area contributed by atoms with Gasteiger partial charge in [0.2, 0.25) is 5.91 Å². The van der Waals surface area contributed by atoms with Crippen LogP contribution in [-0.2, 0) is 11.2 Å². The van der Waals surface area contributed by atoms with Gasteiger partial charge in [-0.2, -0.15) is 0 Å². The smallest absolute Gasteiger partial charge is 0.221 e. The van der Waals surface area contributed by atoms with E-state index in [1.807, 2.05) is 6.07 Å². The third-order valence-corrected chi connectivity index (χ3v) is 4.95. The molecule has 6 nitrogen and oxygen atoms in total. The summed E-state index contributed by atoms with van der Waals surface area (Å²) >= 11 is 0. The van der Waals surface area contributed by atoms with Gasteiger partial charge in [0.25, 0.3) is 0 Å². The number of amides is 1. The van der Waals surface area contributed by atoms with Crippen LogP contribution in [-0.4, -0.2) is 43.0 Å². The molecule has 1 aromatic carbocycles. The Kier molecular flexibility index (Phi) is 6.52. The van der Waals surface area contributed by atoms with Gasteiger partial charge >= 0.3 is 0 Å². The van der Waals surface area contributed by atoms with Crippen LogP contribution in [0.2, 0.25) is 0 Å². The second kappa shape index (κ2) is 9.27. The van der Waals surface area contributed by atoms with E-state index in [2.05, 4.69) is 50.3 Å². The summed E-state index contributed by atoms with van der Waals surface area (Å²) in [5, 5.41) is 10.9. The Hall–Kier alpha value is -2.50. The lowest BCUT2D eigenvalue weighted by molar-refractivity contribution is -0.121. The van der Waals surface area contributed by atoms with E-state index in [0.29, 0.717) is 19.0 Å². The molecule has 2 aromatic rings. The minimum atomic E-state index is 0.124. The van der Waals surface area contributed by atoms with Gasteiger partial charge in [-0.3, -0.25) is 9.79 Å². The van der Waals surface area contributed by atoms with Crippen molar-refractivity contribution < 1.29 is 4.79 Å². The van der Waals surface area contributed by atoms with Crippen LogP contribution in [0.25, 0.3) is 10.9 Å². The molecule has 0 aliphatic heterocycles. The van der Waals surface area contributed by atoms with Gasteiger partial charge in [0.05, 0.1) is 0 Å². The summed E-state index contributed by atoms with van der Waals surface area (Å²) in [6.45, 7) is 1.38. The molecule has 1 amide bonds. The summed E-state index contributed by atoms with van der Waals surface area (Å²) in [7, 11) is 1.75. The van der Waals surface area contributed by atoms with E-state index in [1.54, 1.807) is 7.05 Å². The van der Waals surface area contributed by atoms with Crippen molar-refractivity contribution in [2.24, 2.45) is 4.99 Å². The molecule has 0 unspecified atom stereocenters. The zero-order valence-electron chi connectivity index (χ0n) is 15.5. The summed E-state index contributed by atoms with van der Waals surface area (Å²) in [5.41, 5.74) is 2.46. The Labute approximate surface area is 154 Å². The Bertz CT molecular complexity index is 745. The number of nitrogens with zero attached hydrogens (tertiary/aromatic N) is 1. The lowest BCUT2D eigenvalue weighted by Crippen LogP contribution is -2.41. The van der Waals surface area contributed by atoms with Gasteiger partial charge in [0.15, 0.2) is 5.96 Å². The molecule has 0 radical (unpaired) electrons. The fourth-order valence-electron chi connectivity index (χ4n) is 3.54. The number of para-hydroxylation sites is 1. The van der Waals surface area contributed by atoms with Crippen molar-refractivity contribution in [3.63, 3.8) is 0 Å². The Morgan fingerprint density at radius 1 is 1.19 bits per heavy atom. The molecule has 26 heavy (non-hydrogen) atoms. The van der Waals surface area contributed by atoms with Crippen LogP contribution >= 0.6 is 0 Å². The van der Waals surface area contributed by atoms with Crippen molar-refractivity contribution >= 4 is 22.8 Å². The van der Waals surface area contributed by atoms with Gasteiger partial charge in [0, 0.05) is 49.7 Å². The summed E-state index contributed by atoms with van der Waals surface area (Å²) in [5.74, 6) is 0.858. The van der Waals surface area contributed by atoms with E-state index in [9.17, 15) is 4.79 Å². The van der Waals surface area contributed by atoms with E-state index in [4.69, 9.17) is 0 Å². The molecule has 0 saturated heterocycles. The van der Waals surface area contributed by atoms with Gasteiger partial charge in [-0.1, -0.05) is 31.0 Å². The monoisotopic (exact) mass is 355 g/mol. The number of H-pyrrole nitrogens is 1. The maximum atomic E-state index is 11.9. The zero-order valence-corrected chi connectivity index (χ0v) is 15.5. The average Bonchev–Trinajstić information content (AvgIpc) is 3.30. The number of hydrogen-bond donors (Lipinski definition) is 4. The van der Waals surface area contributed by atoms with Crippen LogP contribution < -0.4 is 16.0 Å². The van der Waals surface area contributed by atoms with Crippen molar-refractivity contribution in [1.82, 2.24) is 20.9 Å². The molecule has 3 rings (SSSR count). The first kappa shape index (κ1) is 18.3. The number of aliphatic imine (C=N–C) groups is 1. The number of aromatic amines is 1. The molecule has 140 valence electrons. The molecule has 0 bridgehead atoms. The number of guanidine groups is 1. The lowest BCUT2D eigenvalue weighted by atomic mass is 10.1. The highest BCUT2D eigenvalue weighted by molar-refractivity contribution is 5.83. The molecule has 0 atom stereocenters. The van der Waals surface area contributed by atoms with E-state index in [0.717, 1.165) is 31.8 Å². The highest BCUT2D eigenvalue weighted by Gasteiger charge is 2.16. The van der Waals surface area contributed by atoms with Crippen LogP contribution in [0.1, 0.15) is 37.7 Å². The summed E-state index contributed by atoms with van der Waals surface area (Å²) in [6.07, 6.45) is 8.15. The standard InChI is InChI=1S/C20H29N5O/c1-21-20(23-13-11-19(26)25-16-6-2-3-7-16)22-12-10-15-14-24-18-9-5-4-8-17(15)18/h4-5,8-9,14,16,24H,2-3,6-7,10-13H2,1H3,(H,25,26)(H2,21,22,23). The third kappa shape index (κ3) is 5.00. The van der Waals surface area contributed by atoms with Crippen molar-refractivity contribution in [3.05, 3.63) is 36.0 Å². The van der Waals surface area contributed by atoms with Gasteiger partial charge < -0.3 is 20.9 Å². The van der Waals surface area contributed by atoms with Gasteiger partial charge in [0.1, 0.15) is 0 Å². The van der Waals surface area contributed by atoms with E-state index >= 15 is 0 Å². The van der Waals surface area contributed by atoms with Crippen LogP contribution in [0.4, 0.5) is 0 Å². The van der Waals surface area contributed by atoms with Gasteiger partial charge in [-0.05, 0) is 30.9 Å². The molecular weight excluding hydrogens is 326 g/mol. The van der Waals surface area contributed by atoms with Crippen LogP contribution in [0.15, 0.2) is 35.5 Å². The Morgan fingerprint density at radius 3 is 2.77 bits per heavy atom. The van der Waals surface area contributed by atoms with Crippen LogP contribution in [0.3, 0.4) is 0 Å². The first-order valence-electron chi connectivity index (χ1n) is 9.55. The average molecular weight is 355 g/mol.